The van der Waals surface area contributed by atoms with E-state index in [0.29, 0.717) is 17.3 Å². The Hall–Kier alpha value is -4.43. The van der Waals surface area contributed by atoms with E-state index in [4.69, 9.17) is 20.6 Å². The summed E-state index contributed by atoms with van der Waals surface area (Å²) in [5.74, 6) is 0.555. The second-order valence-electron chi connectivity index (χ2n) is 7.21. The molecule has 5 N–H and O–H groups in total. The number of nitrogens with one attached hydrogen (secondary N) is 2. The fraction of sp³-hybridized carbons (Fsp3) is 0.0800. The first-order chi connectivity index (χ1) is 16.0. The number of methoxy groups -OCH3 is 1. The van der Waals surface area contributed by atoms with Gasteiger partial charge in [-0.15, -0.1) is 0 Å². The van der Waals surface area contributed by atoms with Gasteiger partial charge in [0.25, 0.3) is 0 Å². The number of imidazole rings is 1. The van der Waals surface area contributed by atoms with Crippen LogP contribution in [-0.2, 0) is 4.74 Å². The fourth-order valence-electron chi connectivity index (χ4n) is 3.44. The van der Waals surface area contributed by atoms with Gasteiger partial charge in [0, 0.05) is 23.0 Å². The van der Waals surface area contributed by atoms with Gasteiger partial charge in [-0.1, -0.05) is 42.5 Å². The van der Waals surface area contributed by atoms with Crippen molar-refractivity contribution in [3.63, 3.8) is 0 Å². The number of anilines is 1. The fourth-order valence-corrected chi connectivity index (χ4v) is 3.44. The van der Waals surface area contributed by atoms with Gasteiger partial charge in [0.2, 0.25) is 0 Å². The summed E-state index contributed by atoms with van der Waals surface area (Å²) < 4.78 is 10.8. The van der Waals surface area contributed by atoms with Crippen LogP contribution in [0.2, 0.25) is 0 Å². The van der Waals surface area contributed by atoms with Crippen LogP contribution in [0.5, 0.6) is 11.5 Å². The van der Waals surface area contributed by atoms with Crippen LogP contribution in [0.1, 0.15) is 33.3 Å². The number of nitrogens with two attached hydrogens (primary N) is 1. The van der Waals surface area contributed by atoms with Crippen LogP contribution in [0.15, 0.2) is 72.9 Å². The number of nitrogen functional groups attached to an aromatic ring is 1. The minimum atomic E-state index is -0.830. The molecule has 0 radical (unpaired) electrons. The standard InChI is InChI=1S/C25H22N4O4/c1-32-25(31)22-18(13-26)19(27)10-11-21(22)33-17-9-5-8-16(12-17)24-28-14-20(29-24)23(30)15-6-3-2-4-7-15/h2-14,23,26,30H,27H2,1H3,(H,28,29). The molecular weight excluding hydrogens is 420 g/mol. The molecule has 0 aliphatic rings. The van der Waals surface area contributed by atoms with Gasteiger partial charge in [-0.05, 0) is 29.8 Å². The van der Waals surface area contributed by atoms with Crippen molar-refractivity contribution in [2.24, 2.45) is 0 Å². The second kappa shape index (κ2) is 9.37. The smallest absolute Gasteiger partial charge is 0.342 e. The minimum absolute atomic E-state index is 0.0733. The van der Waals surface area contributed by atoms with Crippen LogP contribution in [0.25, 0.3) is 11.4 Å². The van der Waals surface area contributed by atoms with Gasteiger partial charge in [0.15, 0.2) is 0 Å². The van der Waals surface area contributed by atoms with Gasteiger partial charge >= 0.3 is 5.97 Å². The molecule has 1 atom stereocenters. The van der Waals surface area contributed by atoms with Crippen LogP contribution in [0.3, 0.4) is 0 Å². The normalized spacial score (nSPS) is 11.6. The van der Waals surface area contributed by atoms with Crippen LogP contribution >= 0.6 is 0 Å². The molecule has 166 valence electrons. The third kappa shape index (κ3) is 4.46. The molecule has 3 aromatic carbocycles. The number of rotatable bonds is 7. The third-order valence-corrected chi connectivity index (χ3v) is 5.12. The molecule has 0 fully saturated rings. The first-order valence-corrected chi connectivity index (χ1v) is 10.1. The maximum absolute atomic E-state index is 12.3. The van der Waals surface area contributed by atoms with Crippen molar-refractivity contribution >= 4 is 17.9 Å². The van der Waals surface area contributed by atoms with Crippen LogP contribution in [0, 0.1) is 5.41 Å². The Labute approximate surface area is 190 Å². The second-order valence-corrected chi connectivity index (χ2v) is 7.21. The molecule has 4 rings (SSSR count). The van der Waals surface area contributed by atoms with E-state index in [0.717, 1.165) is 17.3 Å². The number of nitrogens with zero attached hydrogens (tertiary/aromatic N) is 1. The quantitative estimate of drug-likeness (QED) is 0.191. The van der Waals surface area contributed by atoms with Crippen molar-refractivity contribution in [1.82, 2.24) is 9.97 Å². The topological polar surface area (TPSA) is 134 Å². The molecule has 33 heavy (non-hydrogen) atoms. The number of aromatic amines is 1. The molecular formula is C25H22N4O4. The number of aromatic nitrogens is 2. The molecule has 0 aliphatic heterocycles. The van der Waals surface area contributed by atoms with Crippen molar-refractivity contribution in [3.05, 3.63) is 95.3 Å². The lowest BCUT2D eigenvalue weighted by molar-refractivity contribution is 0.0598. The molecule has 0 spiro atoms. The number of carbonyl (C=O) groups excluding carboxylic acids is 1. The monoisotopic (exact) mass is 442 g/mol. The largest absolute Gasteiger partial charge is 0.465 e. The van der Waals surface area contributed by atoms with Gasteiger partial charge < -0.3 is 30.7 Å². The predicted molar refractivity (Wildman–Crippen MR) is 125 cm³/mol. The van der Waals surface area contributed by atoms with Gasteiger partial charge in [-0.25, -0.2) is 9.78 Å². The van der Waals surface area contributed by atoms with E-state index in [-0.39, 0.29) is 22.6 Å². The van der Waals surface area contributed by atoms with Crippen LogP contribution < -0.4 is 10.5 Å². The van der Waals surface area contributed by atoms with Crippen molar-refractivity contribution in [2.75, 3.05) is 12.8 Å². The molecule has 1 heterocycles. The van der Waals surface area contributed by atoms with Crippen LogP contribution in [-0.4, -0.2) is 34.4 Å². The number of aliphatic hydroxyl groups is 1. The number of carbonyl (C=O) groups is 1. The highest BCUT2D eigenvalue weighted by Crippen LogP contribution is 2.33. The van der Waals surface area contributed by atoms with Gasteiger partial charge in [0.05, 0.1) is 19.0 Å². The summed E-state index contributed by atoms with van der Waals surface area (Å²) in [6.45, 7) is 0. The Bertz CT molecular complexity index is 1300. The van der Waals surface area contributed by atoms with E-state index >= 15 is 0 Å². The molecule has 4 aromatic rings. The van der Waals surface area contributed by atoms with E-state index < -0.39 is 12.1 Å². The van der Waals surface area contributed by atoms with Crippen molar-refractivity contribution < 1.29 is 19.4 Å². The summed E-state index contributed by atoms with van der Waals surface area (Å²) in [7, 11) is 1.25. The first-order valence-electron chi connectivity index (χ1n) is 10.1. The Kier molecular flexibility index (Phi) is 6.19. The van der Waals surface area contributed by atoms with E-state index in [2.05, 4.69) is 9.97 Å². The highest BCUT2D eigenvalue weighted by Gasteiger charge is 2.21. The van der Waals surface area contributed by atoms with E-state index in [9.17, 15) is 9.90 Å². The van der Waals surface area contributed by atoms with Crippen molar-refractivity contribution in [3.8, 4) is 22.9 Å². The zero-order chi connectivity index (χ0) is 23.4. The van der Waals surface area contributed by atoms with Gasteiger partial charge in [0.1, 0.15) is 29.0 Å². The highest BCUT2D eigenvalue weighted by molar-refractivity contribution is 6.04. The van der Waals surface area contributed by atoms with E-state index in [1.807, 2.05) is 36.4 Å². The van der Waals surface area contributed by atoms with Crippen molar-refractivity contribution in [2.45, 2.75) is 6.10 Å². The lowest BCUT2D eigenvalue weighted by Gasteiger charge is -2.14. The first kappa shape index (κ1) is 21.8. The van der Waals surface area contributed by atoms with E-state index in [1.54, 1.807) is 36.5 Å². The molecule has 1 unspecified atom stereocenters. The van der Waals surface area contributed by atoms with Crippen molar-refractivity contribution in [1.29, 1.82) is 5.41 Å². The summed E-state index contributed by atoms with van der Waals surface area (Å²) in [6.07, 6.45) is 1.75. The highest BCUT2D eigenvalue weighted by atomic mass is 16.5. The van der Waals surface area contributed by atoms with E-state index in [1.165, 1.54) is 7.11 Å². The number of ether oxygens (including phenoxy) is 2. The summed E-state index contributed by atoms with van der Waals surface area (Å²) in [5.41, 5.74) is 8.51. The molecule has 8 nitrogen and oxygen atoms in total. The molecule has 0 bridgehead atoms. The summed E-state index contributed by atoms with van der Waals surface area (Å²) in [4.78, 5) is 19.9. The Balaban J connectivity index is 1.63. The zero-order valence-electron chi connectivity index (χ0n) is 17.8. The Morgan fingerprint density at radius 3 is 2.67 bits per heavy atom. The third-order valence-electron chi connectivity index (χ3n) is 5.12. The Morgan fingerprint density at radius 1 is 1.15 bits per heavy atom. The lowest BCUT2D eigenvalue weighted by Crippen LogP contribution is -2.10. The molecule has 0 saturated heterocycles. The van der Waals surface area contributed by atoms with Gasteiger partial charge in [-0.3, -0.25) is 0 Å². The number of hydrogen-bond donors (Lipinski definition) is 4. The molecule has 0 aliphatic carbocycles. The molecule has 8 heteroatoms. The zero-order valence-corrected chi connectivity index (χ0v) is 17.8. The summed E-state index contributed by atoms with van der Waals surface area (Å²) >= 11 is 0. The minimum Gasteiger partial charge on any atom is -0.465 e. The summed E-state index contributed by atoms with van der Waals surface area (Å²) in [6, 6.07) is 19.5. The predicted octanol–water partition coefficient (Wildman–Crippen LogP) is 4.32. The average Bonchev–Trinajstić information content (AvgIpc) is 3.35. The molecule has 1 aromatic heterocycles. The molecule has 0 amide bonds. The average molecular weight is 442 g/mol. The number of esters is 1. The number of aliphatic hydroxyl groups excluding tert-OH is 1. The lowest BCUT2D eigenvalue weighted by atomic mass is 10.0. The number of H-pyrrole nitrogens is 1. The molecule has 0 saturated carbocycles. The van der Waals surface area contributed by atoms with Gasteiger partial charge in [-0.2, -0.15) is 0 Å². The number of benzene rings is 3. The maximum atomic E-state index is 12.3. The Morgan fingerprint density at radius 2 is 1.94 bits per heavy atom. The van der Waals surface area contributed by atoms with Crippen LogP contribution in [0.4, 0.5) is 5.69 Å². The summed E-state index contributed by atoms with van der Waals surface area (Å²) in [5, 5.41) is 18.2. The maximum Gasteiger partial charge on any atom is 0.342 e. The number of hydrogen-bond acceptors (Lipinski definition) is 7. The SMILES string of the molecule is COC(=O)c1c(Oc2cccc(-c3ncc(C(O)c4ccccc4)[nH]3)c2)ccc(N)c1C=N.